The van der Waals surface area contributed by atoms with E-state index in [1.165, 1.54) is 31.0 Å². The summed E-state index contributed by atoms with van der Waals surface area (Å²) in [5.41, 5.74) is 2.20. The summed E-state index contributed by atoms with van der Waals surface area (Å²) in [5.74, 6) is -0.225. The molecule has 2 N–H and O–H groups in total. The highest BCUT2D eigenvalue weighted by Crippen LogP contribution is 2.34. The predicted molar refractivity (Wildman–Crippen MR) is 115 cm³/mol. The van der Waals surface area contributed by atoms with Gasteiger partial charge in [0.1, 0.15) is 16.3 Å². The number of nitrogens with zero attached hydrogens (tertiary/aromatic N) is 2. The van der Waals surface area contributed by atoms with Gasteiger partial charge < -0.3 is 15.0 Å². The Morgan fingerprint density at radius 1 is 1.17 bits per heavy atom. The lowest BCUT2D eigenvalue weighted by Gasteiger charge is -2.22. The number of thioether (sulfide) groups is 1. The van der Waals surface area contributed by atoms with Gasteiger partial charge in [-0.25, -0.2) is 4.98 Å². The predicted octanol–water partition coefficient (Wildman–Crippen LogP) is 4.41. The fourth-order valence-electron chi connectivity index (χ4n) is 3.56. The molecule has 0 radical (unpaired) electrons. The maximum Gasteiger partial charge on any atom is 0.319 e. The number of aromatic nitrogens is 2. The third-order valence-electron chi connectivity index (χ3n) is 5.54. The van der Waals surface area contributed by atoms with Gasteiger partial charge in [0, 0.05) is 29.2 Å². The maximum atomic E-state index is 12.8. The number of aliphatic carboxylic acids is 1. The van der Waals surface area contributed by atoms with Crippen LogP contribution in [0.3, 0.4) is 0 Å². The highest BCUT2D eigenvalue weighted by atomic mass is 32.2. The fourth-order valence-corrected chi connectivity index (χ4v) is 4.51. The van der Waals surface area contributed by atoms with E-state index in [4.69, 9.17) is 0 Å². The summed E-state index contributed by atoms with van der Waals surface area (Å²) in [7, 11) is 1.91. The summed E-state index contributed by atoms with van der Waals surface area (Å²) < 4.78 is 1.03. The lowest BCUT2D eigenvalue weighted by Crippen LogP contribution is -2.36. The molecule has 0 bridgehead atoms. The minimum Gasteiger partial charge on any atom is -0.480 e. The van der Waals surface area contributed by atoms with Gasteiger partial charge in [0.25, 0.3) is 5.91 Å². The number of hydrogen-bond acceptors (Lipinski definition) is 4. The van der Waals surface area contributed by atoms with E-state index in [9.17, 15) is 14.7 Å². The van der Waals surface area contributed by atoms with E-state index in [0.29, 0.717) is 5.69 Å². The van der Waals surface area contributed by atoms with E-state index in [1.54, 1.807) is 13.8 Å². The first-order chi connectivity index (χ1) is 13.7. The molecule has 1 amide bonds. The van der Waals surface area contributed by atoms with Crippen LogP contribution in [0.4, 0.5) is 0 Å². The van der Waals surface area contributed by atoms with E-state index >= 15 is 0 Å². The number of carbonyl (C=O) groups excluding carboxylic acids is 1. The molecule has 6 nitrogen and oxygen atoms in total. The van der Waals surface area contributed by atoms with Crippen LogP contribution in [0, 0.1) is 6.92 Å². The van der Waals surface area contributed by atoms with Gasteiger partial charge in [0.2, 0.25) is 0 Å². The van der Waals surface area contributed by atoms with Gasteiger partial charge in [0.15, 0.2) is 0 Å². The minimum atomic E-state index is -0.897. The molecule has 1 aliphatic rings. The first-order valence-electron chi connectivity index (χ1n) is 10.1. The molecule has 0 spiro atoms. The van der Waals surface area contributed by atoms with Crippen molar-refractivity contribution in [2.24, 2.45) is 7.05 Å². The first kappa shape index (κ1) is 21.4. The largest absolute Gasteiger partial charge is 0.480 e. The molecule has 7 heteroatoms. The van der Waals surface area contributed by atoms with Crippen molar-refractivity contribution in [3.63, 3.8) is 0 Å². The summed E-state index contributed by atoms with van der Waals surface area (Å²) in [6, 6.07) is 7.89. The second kappa shape index (κ2) is 8.61. The molecule has 1 heterocycles. The summed E-state index contributed by atoms with van der Waals surface area (Å²) in [4.78, 5) is 29.6. The fraction of sp³-hybridized carbons (Fsp3) is 0.500. The molecule has 156 valence electrons. The molecule has 0 aliphatic heterocycles. The Bertz CT molecular complexity index is 897. The summed E-state index contributed by atoms with van der Waals surface area (Å²) in [5, 5.41) is 12.4. The van der Waals surface area contributed by atoms with Gasteiger partial charge in [-0.05, 0) is 45.7 Å². The first-order valence-corrected chi connectivity index (χ1v) is 10.9. The number of carboxylic acids is 1. The van der Waals surface area contributed by atoms with E-state index in [0.717, 1.165) is 34.8 Å². The summed E-state index contributed by atoms with van der Waals surface area (Å²) >= 11 is 1.30. The van der Waals surface area contributed by atoms with Gasteiger partial charge >= 0.3 is 5.97 Å². The Morgan fingerprint density at radius 3 is 2.38 bits per heavy atom. The number of imidazole rings is 1. The van der Waals surface area contributed by atoms with Crippen LogP contribution in [0.15, 0.2) is 29.2 Å². The van der Waals surface area contributed by atoms with Gasteiger partial charge in [-0.1, -0.05) is 31.4 Å². The topological polar surface area (TPSA) is 84.2 Å². The molecule has 29 heavy (non-hydrogen) atoms. The van der Waals surface area contributed by atoms with Crippen LogP contribution < -0.4 is 5.32 Å². The maximum absolute atomic E-state index is 12.8. The van der Waals surface area contributed by atoms with Crippen LogP contribution in [0.2, 0.25) is 0 Å². The second-order valence-corrected chi connectivity index (χ2v) is 9.87. The quantitative estimate of drug-likeness (QED) is 0.683. The van der Waals surface area contributed by atoms with Crippen molar-refractivity contribution >= 4 is 23.6 Å². The van der Waals surface area contributed by atoms with E-state index in [2.05, 4.69) is 10.3 Å². The van der Waals surface area contributed by atoms with Gasteiger partial charge in [-0.2, -0.15) is 0 Å². The van der Waals surface area contributed by atoms with Crippen LogP contribution in [-0.2, 0) is 11.8 Å². The number of nitrogens with one attached hydrogen (secondary N) is 1. The second-order valence-electron chi connectivity index (χ2n) is 8.18. The molecule has 0 saturated heterocycles. The van der Waals surface area contributed by atoms with Crippen LogP contribution >= 0.6 is 11.8 Å². The number of rotatable bonds is 6. The Kier molecular flexibility index (Phi) is 6.36. The minimum absolute atomic E-state index is 0.105. The van der Waals surface area contributed by atoms with Crippen LogP contribution in [0.1, 0.15) is 62.1 Å². The monoisotopic (exact) mass is 415 g/mol. The number of carboxylic acid groups (broad SMARTS) is 1. The molecule has 3 rings (SSSR count). The molecule has 1 saturated carbocycles. The van der Waals surface area contributed by atoms with Gasteiger partial charge in [-0.3, -0.25) is 9.59 Å². The molecular formula is C22H29N3O3S. The number of amides is 1. The average Bonchev–Trinajstić information content (AvgIpc) is 2.98. The van der Waals surface area contributed by atoms with Crippen molar-refractivity contribution in [1.82, 2.24) is 14.9 Å². The van der Waals surface area contributed by atoms with E-state index in [1.807, 2.05) is 42.8 Å². The zero-order chi connectivity index (χ0) is 21.2. The third-order valence-corrected chi connectivity index (χ3v) is 6.73. The normalized spacial score (nSPS) is 15.3. The lowest BCUT2D eigenvalue weighted by atomic mass is 9.95. The highest BCUT2D eigenvalue weighted by molar-refractivity contribution is 8.01. The smallest absolute Gasteiger partial charge is 0.319 e. The number of hydrogen-bond donors (Lipinski definition) is 2. The Hall–Kier alpha value is -2.28. The SMILES string of the molecule is Cc1c(C(=O)NC2CCCCC2)nc(-c2ccc(SC(C)(C)C(=O)O)cc2)n1C. The molecule has 1 aliphatic carbocycles. The van der Waals surface area contributed by atoms with Gasteiger partial charge in [0.05, 0.1) is 0 Å². The van der Waals surface area contributed by atoms with Crippen molar-refractivity contribution in [1.29, 1.82) is 0 Å². The van der Waals surface area contributed by atoms with Crippen molar-refractivity contribution in [3.05, 3.63) is 35.7 Å². The average molecular weight is 416 g/mol. The molecule has 1 aromatic carbocycles. The Balaban J connectivity index is 1.78. The number of carbonyl (C=O) groups is 2. The van der Waals surface area contributed by atoms with Crippen LogP contribution in [-0.4, -0.2) is 37.3 Å². The van der Waals surface area contributed by atoms with Crippen LogP contribution in [0.5, 0.6) is 0 Å². The Morgan fingerprint density at radius 2 is 1.79 bits per heavy atom. The Labute approximate surface area is 176 Å². The van der Waals surface area contributed by atoms with Crippen LogP contribution in [0.25, 0.3) is 11.4 Å². The van der Waals surface area contributed by atoms with E-state index < -0.39 is 10.7 Å². The third kappa shape index (κ3) is 4.83. The lowest BCUT2D eigenvalue weighted by molar-refractivity contribution is -0.138. The van der Waals surface area contributed by atoms with Crippen molar-refractivity contribution in [2.45, 2.75) is 68.6 Å². The molecule has 0 unspecified atom stereocenters. The van der Waals surface area contributed by atoms with Crippen molar-refractivity contribution in [2.75, 3.05) is 0 Å². The molecule has 1 aromatic heterocycles. The molecule has 2 aromatic rings. The van der Waals surface area contributed by atoms with Crippen molar-refractivity contribution in [3.8, 4) is 11.4 Å². The summed E-state index contributed by atoms with van der Waals surface area (Å²) in [6.07, 6.45) is 5.66. The van der Waals surface area contributed by atoms with Crippen molar-refractivity contribution < 1.29 is 14.7 Å². The molecule has 1 fully saturated rings. The van der Waals surface area contributed by atoms with Gasteiger partial charge in [-0.15, -0.1) is 11.8 Å². The number of benzene rings is 1. The molecular weight excluding hydrogens is 386 g/mol. The highest BCUT2D eigenvalue weighted by Gasteiger charge is 2.28. The summed E-state index contributed by atoms with van der Waals surface area (Å²) in [6.45, 7) is 5.28. The standard InChI is InChI=1S/C22H29N3O3S/c1-14-18(20(26)23-16-8-6-5-7-9-16)24-19(25(14)4)15-10-12-17(13-11-15)29-22(2,3)21(27)28/h10-13,16H,5-9H2,1-4H3,(H,23,26)(H,27,28). The molecule has 0 atom stereocenters. The van der Waals surface area contributed by atoms with E-state index in [-0.39, 0.29) is 11.9 Å². The zero-order valence-electron chi connectivity index (χ0n) is 17.5. The zero-order valence-corrected chi connectivity index (χ0v) is 18.3.